The molecule has 0 unspecified atom stereocenters. The van der Waals surface area contributed by atoms with Gasteiger partial charge in [-0.1, -0.05) is 26.2 Å². The van der Waals surface area contributed by atoms with Gasteiger partial charge in [-0.05, 0) is 31.7 Å². The van der Waals surface area contributed by atoms with Gasteiger partial charge in [-0.25, -0.2) is 4.98 Å². The predicted octanol–water partition coefficient (Wildman–Crippen LogP) is 3.41. The molecule has 0 radical (unpaired) electrons. The zero-order valence-electron chi connectivity index (χ0n) is 14.5. The largest absolute Gasteiger partial charge is 0.351 e. The Hall–Kier alpha value is -1.69. The monoisotopic (exact) mass is 347 g/mol. The number of nitrogens with zero attached hydrogens (tertiary/aromatic N) is 2. The number of rotatable bonds is 5. The van der Waals surface area contributed by atoms with Gasteiger partial charge in [-0.2, -0.15) is 0 Å². The van der Waals surface area contributed by atoms with Gasteiger partial charge in [0.15, 0.2) is 0 Å². The van der Waals surface area contributed by atoms with E-state index < -0.39 is 0 Å². The third-order valence-corrected chi connectivity index (χ3v) is 5.87. The summed E-state index contributed by atoms with van der Waals surface area (Å²) in [4.78, 5) is 31.4. The first-order valence-electron chi connectivity index (χ1n) is 8.94. The van der Waals surface area contributed by atoms with E-state index in [9.17, 15) is 9.59 Å². The zero-order valence-corrected chi connectivity index (χ0v) is 15.3. The Morgan fingerprint density at radius 3 is 2.92 bits per heavy atom. The van der Waals surface area contributed by atoms with Crippen molar-refractivity contribution in [1.29, 1.82) is 0 Å². The number of aryl methyl sites for hydroxylation is 2. The molecule has 2 aromatic rings. The molecule has 6 heteroatoms. The first-order valence-corrected chi connectivity index (χ1v) is 9.76. The lowest BCUT2D eigenvalue weighted by molar-refractivity contribution is 0.0956. The van der Waals surface area contributed by atoms with Crippen molar-refractivity contribution in [2.75, 3.05) is 6.54 Å². The van der Waals surface area contributed by atoms with Gasteiger partial charge in [0.25, 0.3) is 11.5 Å². The standard InChI is InChI=1S/C18H25N3O2S/c1-3-4-7-10-19-16(22)15-12(2)14-17(24-15)20-13-9-6-5-8-11-21(13)18(14)23/h3-11H2,1-2H3,(H,19,22). The summed E-state index contributed by atoms with van der Waals surface area (Å²) in [7, 11) is 0. The van der Waals surface area contributed by atoms with Gasteiger partial charge in [0.05, 0.1) is 10.3 Å². The Morgan fingerprint density at radius 1 is 1.29 bits per heavy atom. The third-order valence-electron chi connectivity index (χ3n) is 4.68. The maximum atomic E-state index is 12.9. The minimum Gasteiger partial charge on any atom is -0.351 e. The average Bonchev–Trinajstić information content (AvgIpc) is 2.74. The Kier molecular flexibility index (Phi) is 5.33. The van der Waals surface area contributed by atoms with E-state index in [1.54, 1.807) is 0 Å². The molecule has 0 fully saturated rings. The minimum absolute atomic E-state index is 0.0238. The van der Waals surface area contributed by atoms with Crippen LogP contribution in [0, 0.1) is 6.92 Å². The molecule has 24 heavy (non-hydrogen) atoms. The van der Waals surface area contributed by atoms with Gasteiger partial charge < -0.3 is 5.32 Å². The number of unbranched alkanes of at least 4 members (excludes halogenated alkanes) is 2. The fourth-order valence-electron chi connectivity index (χ4n) is 3.28. The van der Waals surface area contributed by atoms with Gasteiger partial charge in [0.1, 0.15) is 10.7 Å². The van der Waals surface area contributed by atoms with Crippen molar-refractivity contribution < 1.29 is 4.79 Å². The molecule has 0 bridgehead atoms. The van der Waals surface area contributed by atoms with Crippen LogP contribution in [0.25, 0.3) is 10.2 Å². The molecular weight excluding hydrogens is 322 g/mol. The van der Waals surface area contributed by atoms with Crippen molar-refractivity contribution in [3.8, 4) is 0 Å². The number of fused-ring (bicyclic) bond motifs is 2. The summed E-state index contributed by atoms with van der Waals surface area (Å²) < 4.78 is 1.82. The van der Waals surface area contributed by atoms with E-state index in [0.717, 1.165) is 62.9 Å². The first-order chi connectivity index (χ1) is 11.6. The Morgan fingerprint density at radius 2 is 2.12 bits per heavy atom. The Balaban J connectivity index is 1.94. The molecule has 2 aromatic heterocycles. The van der Waals surface area contributed by atoms with Crippen LogP contribution in [0.3, 0.4) is 0 Å². The van der Waals surface area contributed by atoms with Crippen molar-refractivity contribution in [3.63, 3.8) is 0 Å². The molecule has 1 N–H and O–H groups in total. The van der Waals surface area contributed by atoms with Crippen LogP contribution in [-0.4, -0.2) is 22.0 Å². The normalized spacial score (nSPS) is 14.4. The number of nitrogens with one attached hydrogen (secondary N) is 1. The van der Waals surface area contributed by atoms with E-state index >= 15 is 0 Å². The Bertz CT molecular complexity index is 807. The van der Waals surface area contributed by atoms with Crippen molar-refractivity contribution in [3.05, 3.63) is 26.6 Å². The molecule has 1 aliphatic rings. The fraction of sp³-hybridized carbons (Fsp3) is 0.611. The van der Waals surface area contributed by atoms with Crippen LogP contribution in [0.5, 0.6) is 0 Å². The number of aromatic nitrogens is 2. The molecule has 0 saturated carbocycles. The van der Waals surface area contributed by atoms with Crippen molar-refractivity contribution in [1.82, 2.24) is 14.9 Å². The number of carbonyl (C=O) groups is 1. The fourth-order valence-corrected chi connectivity index (χ4v) is 4.39. The number of hydrogen-bond acceptors (Lipinski definition) is 4. The molecule has 5 nitrogen and oxygen atoms in total. The summed E-state index contributed by atoms with van der Waals surface area (Å²) >= 11 is 1.35. The van der Waals surface area contributed by atoms with Gasteiger partial charge in [0.2, 0.25) is 0 Å². The van der Waals surface area contributed by atoms with E-state index in [4.69, 9.17) is 4.98 Å². The van der Waals surface area contributed by atoms with Gasteiger partial charge in [-0.15, -0.1) is 11.3 Å². The topological polar surface area (TPSA) is 64.0 Å². The highest BCUT2D eigenvalue weighted by Gasteiger charge is 2.21. The molecule has 0 atom stereocenters. The molecule has 1 aliphatic heterocycles. The van der Waals surface area contributed by atoms with Crippen LogP contribution < -0.4 is 10.9 Å². The first kappa shape index (κ1) is 17.1. The van der Waals surface area contributed by atoms with E-state index in [1.807, 2.05) is 11.5 Å². The lowest BCUT2D eigenvalue weighted by Gasteiger charge is -2.08. The maximum absolute atomic E-state index is 12.9. The quantitative estimate of drug-likeness (QED) is 0.843. The highest BCUT2D eigenvalue weighted by Crippen LogP contribution is 2.28. The molecule has 130 valence electrons. The SMILES string of the molecule is CCCCCNC(=O)c1sc2nc3n(c(=O)c2c1C)CCCCC3. The maximum Gasteiger partial charge on any atom is 0.262 e. The van der Waals surface area contributed by atoms with Crippen molar-refractivity contribution >= 4 is 27.5 Å². The second-order valence-corrected chi connectivity index (χ2v) is 7.49. The summed E-state index contributed by atoms with van der Waals surface area (Å²) in [5.41, 5.74) is 0.802. The van der Waals surface area contributed by atoms with Crippen LogP contribution in [-0.2, 0) is 13.0 Å². The smallest absolute Gasteiger partial charge is 0.262 e. The molecule has 0 saturated heterocycles. The van der Waals surface area contributed by atoms with Crippen LogP contribution in [0.1, 0.15) is 66.5 Å². The van der Waals surface area contributed by atoms with Crippen LogP contribution in [0.4, 0.5) is 0 Å². The molecule has 3 heterocycles. The highest BCUT2D eigenvalue weighted by molar-refractivity contribution is 7.20. The van der Waals surface area contributed by atoms with Crippen LogP contribution in [0.15, 0.2) is 4.79 Å². The van der Waals surface area contributed by atoms with E-state index in [2.05, 4.69) is 12.2 Å². The second-order valence-electron chi connectivity index (χ2n) is 6.49. The average molecular weight is 347 g/mol. The number of hydrogen-bond donors (Lipinski definition) is 1. The van der Waals surface area contributed by atoms with E-state index in [0.29, 0.717) is 21.6 Å². The predicted molar refractivity (Wildman–Crippen MR) is 98.0 cm³/mol. The molecule has 0 aliphatic carbocycles. The molecular formula is C18H25N3O2S. The molecule has 0 spiro atoms. The van der Waals surface area contributed by atoms with Gasteiger partial charge in [-0.3, -0.25) is 14.2 Å². The molecule has 0 aromatic carbocycles. The summed E-state index contributed by atoms with van der Waals surface area (Å²) in [6, 6.07) is 0. The van der Waals surface area contributed by atoms with Gasteiger partial charge in [0, 0.05) is 19.5 Å². The number of amides is 1. The molecule has 3 rings (SSSR count). The van der Waals surface area contributed by atoms with Crippen molar-refractivity contribution in [2.24, 2.45) is 0 Å². The highest BCUT2D eigenvalue weighted by atomic mass is 32.1. The number of thiophene rings is 1. The summed E-state index contributed by atoms with van der Waals surface area (Å²) in [5.74, 6) is 0.798. The van der Waals surface area contributed by atoms with Crippen LogP contribution >= 0.6 is 11.3 Å². The zero-order chi connectivity index (χ0) is 17.1. The lowest BCUT2D eigenvalue weighted by atomic mass is 10.2. The van der Waals surface area contributed by atoms with Crippen LogP contribution in [0.2, 0.25) is 0 Å². The summed E-state index contributed by atoms with van der Waals surface area (Å²) in [6.45, 7) is 5.43. The Labute approximate surface area is 146 Å². The summed E-state index contributed by atoms with van der Waals surface area (Å²) in [6.07, 6.45) is 7.31. The minimum atomic E-state index is -0.0776. The summed E-state index contributed by atoms with van der Waals surface area (Å²) in [5, 5.41) is 3.60. The lowest BCUT2D eigenvalue weighted by Crippen LogP contribution is -2.25. The third kappa shape index (κ3) is 3.24. The number of carbonyl (C=O) groups excluding carboxylic acids is 1. The van der Waals surface area contributed by atoms with E-state index in [1.165, 1.54) is 11.3 Å². The second kappa shape index (κ2) is 7.47. The van der Waals surface area contributed by atoms with Gasteiger partial charge >= 0.3 is 0 Å². The van der Waals surface area contributed by atoms with E-state index in [-0.39, 0.29) is 11.5 Å². The molecule has 1 amide bonds. The van der Waals surface area contributed by atoms with Crippen molar-refractivity contribution in [2.45, 2.75) is 65.3 Å².